The molecule has 17 heavy (non-hydrogen) atoms. The molecule has 0 atom stereocenters. The minimum atomic E-state index is -4.37. The van der Waals surface area contributed by atoms with Crippen LogP contribution in [0.4, 0.5) is 13.2 Å². The van der Waals surface area contributed by atoms with Gasteiger partial charge in [0.25, 0.3) is 0 Å². The molecule has 2 aromatic rings. The lowest BCUT2D eigenvalue weighted by molar-refractivity contribution is -0.141. The SMILES string of the molecule is Cc1nc(C(F)(F)F)c(CSc2nccs2)s1. The van der Waals surface area contributed by atoms with Gasteiger partial charge in [0, 0.05) is 22.2 Å². The van der Waals surface area contributed by atoms with Gasteiger partial charge in [-0.2, -0.15) is 13.2 Å². The van der Waals surface area contributed by atoms with E-state index in [2.05, 4.69) is 9.97 Å². The molecule has 0 aliphatic heterocycles. The number of aromatic nitrogens is 2. The first-order chi connectivity index (χ1) is 7.97. The smallest absolute Gasteiger partial charge is 0.238 e. The van der Waals surface area contributed by atoms with Gasteiger partial charge in [-0.15, -0.1) is 22.7 Å². The third-order valence-corrected chi connectivity index (χ3v) is 4.96. The fraction of sp³-hybridized carbons (Fsp3) is 0.333. The lowest BCUT2D eigenvalue weighted by Gasteiger charge is -2.04. The van der Waals surface area contributed by atoms with Crippen molar-refractivity contribution in [3.05, 3.63) is 27.2 Å². The molecule has 0 amide bonds. The van der Waals surface area contributed by atoms with Crippen molar-refractivity contribution in [2.75, 3.05) is 0 Å². The zero-order valence-electron chi connectivity index (χ0n) is 8.61. The van der Waals surface area contributed by atoms with E-state index in [1.165, 1.54) is 23.1 Å². The molecule has 0 aliphatic carbocycles. The number of nitrogens with zero attached hydrogens (tertiary/aromatic N) is 2. The average molecular weight is 296 g/mol. The van der Waals surface area contributed by atoms with E-state index in [-0.39, 0.29) is 10.6 Å². The maximum absolute atomic E-state index is 12.6. The highest BCUT2D eigenvalue weighted by molar-refractivity contribution is 8.00. The molecule has 0 unspecified atom stereocenters. The summed E-state index contributed by atoms with van der Waals surface area (Å²) in [6.07, 6.45) is -2.74. The van der Waals surface area contributed by atoms with Gasteiger partial charge in [-0.25, -0.2) is 9.97 Å². The fourth-order valence-electron chi connectivity index (χ4n) is 1.20. The Bertz CT molecular complexity index is 490. The number of alkyl halides is 3. The third kappa shape index (κ3) is 3.20. The van der Waals surface area contributed by atoms with Crippen molar-refractivity contribution in [3.8, 4) is 0 Å². The molecule has 8 heteroatoms. The Balaban J connectivity index is 2.15. The van der Waals surface area contributed by atoms with E-state index in [0.717, 1.165) is 15.7 Å². The fourth-order valence-corrected chi connectivity index (χ4v) is 3.86. The molecule has 2 nitrogen and oxygen atoms in total. The van der Waals surface area contributed by atoms with Crippen LogP contribution in [0.25, 0.3) is 0 Å². The first-order valence-electron chi connectivity index (χ1n) is 4.52. The average Bonchev–Trinajstić information content (AvgIpc) is 2.82. The van der Waals surface area contributed by atoms with Crippen molar-refractivity contribution in [3.63, 3.8) is 0 Å². The second-order valence-electron chi connectivity index (χ2n) is 3.09. The Morgan fingerprint density at radius 1 is 1.41 bits per heavy atom. The van der Waals surface area contributed by atoms with Crippen LogP contribution in [0.1, 0.15) is 15.6 Å². The molecule has 92 valence electrons. The van der Waals surface area contributed by atoms with Crippen molar-refractivity contribution in [2.45, 2.75) is 23.2 Å². The van der Waals surface area contributed by atoms with Crippen molar-refractivity contribution in [1.29, 1.82) is 0 Å². The Kier molecular flexibility index (Phi) is 3.74. The van der Waals surface area contributed by atoms with Crippen molar-refractivity contribution in [1.82, 2.24) is 9.97 Å². The Morgan fingerprint density at radius 3 is 2.76 bits per heavy atom. The van der Waals surface area contributed by atoms with E-state index in [1.807, 2.05) is 0 Å². The van der Waals surface area contributed by atoms with Crippen LogP contribution in [-0.2, 0) is 11.9 Å². The van der Waals surface area contributed by atoms with E-state index >= 15 is 0 Å². The van der Waals surface area contributed by atoms with E-state index in [0.29, 0.717) is 5.01 Å². The molecular formula is C9H7F3N2S3. The van der Waals surface area contributed by atoms with Crippen LogP contribution < -0.4 is 0 Å². The van der Waals surface area contributed by atoms with Gasteiger partial charge >= 0.3 is 6.18 Å². The molecule has 0 aromatic carbocycles. The second kappa shape index (κ2) is 4.95. The summed E-state index contributed by atoms with van der Waals surface area (Å²) >= 11 is 3.81. The number of thioether (sulfide) groups is 1. The van der Waals surface area contributed by atoms with Crippen LogP contribution in [0.5, 0.6) is 0 Å². The monoisotopic (exact) mass is 296 g/mol. The van der Waals surface area contributed by atoms with Crippen LogP contribution in [0.2, 0.25) is 0 Å². The summed E-state index contributed by atoms with van der Waals surface area (Å²) < 4.78 is 38.7. The largest absolute Gasteiger partial charge is 0.434 e. The number of hydrogen-bond acceptors (Lipinski definition) is 5. The van der Waals surface area contributed by atoms with Gasteiger partial charge in [-0.1, -0.05) is 11.8 Å². The Labute approximate surface area is 108 Å². The topological polar surface area (TPSA) is 25.8 Å². The van der Waals surface area contributed by atoms with Crippen LogP contribution in [-0.4, -0.2) is 9.97 Å². The van der Waals surface area contributed by atoms with Crippen LogP contribution in [0.15, 0.2) is 15.9 Å². The number of aryl methyl sites for hydroxylation is 1. The zero-order chi connectivity index (χ0) is 12.5. The Hall–Kier alpha value is -0.600. The molecule has 2 heterocycles. The third-order valence-electron chi connectivity index (χ3n) is 1.81. The molecule has 0 radical (unpaired) electrons. The van der Waals surface area contributed by atoms with E-state index in [4.69, 9.17) is 0 Å². The number of hydrogen-bond donors (Lipinski definition) is 0. The molecule has 0 saturated carbocycles. The second-order valence-corrected chi connectivity index (χ2v) is 6.49. The molecule has 2 rings (SSSR count). The maximum atomic E-state index is 12.6. The van der Waals surface area contributed by atoms with Gasteiger partial charge in [-0.3, -0.25) is 0 Å². The molecule has 0 N–H and O–H groups in total. The van der Waals surface area contributed by atoms with Crippen molar-refractivity contribution in [2.24, 2.45) is 0 Å². The summed E-state index contributed by atoms with van der Waals surface area (Å²) in [6, 6.07) is 0. The molecule has 0 aliphatic rings. The van der Waals surface area contributed by atoms with Crippen LogP contribution in [0, 0.1) is 6.92 Å². The van der Waals surface area contributed by atoms with E-state index in [1.54, 1.807) is 18.5 Å². The normalized spacial score (nSPS) is 12.0. The highest BCUT2D eigenvalue weighted by Crippen LogP contribution is 2.37. The summed E-state index contributed by atoms with van der Waals surface area (Å²) in [4.78, 5) is 7.82. The zero-order valence-corrected chi connectivity index (χ0v) is 11.1. The van der Waals surface area contributed by atoms with E-state index in [9.17, 15) is 13.2 Å². The highest BCUT2D eigenvalue weighted by Gasteiger charge is 2.36. The quantitative estimate of drug-likeness (QED) is 0.793. The molecule has 2 aromatic heterocycles. The lowest BCUT2D eigenvalue weighted by Crippen LogP contribution is -2.08. The molecule has 0 fully saturated rings. The summed E-state index contributed by atoms with van der Waals surface area (Å²) in [5.41, 5.74) is -0.760. The highest BCUT2D eigenvalue weighted by atomic mass is 32.2. The van der Waals surface area contributed by atoms with Gasteiger partial charge in [0.1, 0.15) is 4.34 Å². The molecular weight excluding hydrogens is 289 g/mol. The summed E-state index contributed by atoms with van der Waals surface area (Å²) in [6.45, 7) is 1.58. The summed E-state index contributed by atoms with van der Waals surface area (Å²) in [5.74, 6) is 0.258. The van der Waals surface area contributed by atoms with Crippen LogP contribution >= 0.6 is 34.4 Å². The molecule has 0 bridgehead atoms. The predicted octanol–water partition coefficient (Wildman–Crippen LogP) is 4.22. The standard InChI is InChI=1S/C9H7F3N2S3/c1-5-14-7(9(10,11)12)6(17-5)4-16-8-13-2-3-15-8/h2-3H,4H2,1H3. The number of halogens is 3. The first-order valence-corrected chi connectivity index (χ1v) is 7.21. The van der Waals surface area contributed by atoms with Gasteiger partial charge in [0.2, 0.25) is 0 Å². The number of rotatable bonds is 3. The van der Waals surface area contributed by atoms with E-state index < -0.39 is 11.9 Å². The summed E-state index contributed by atoms with van der Waals surface area (Å²) in [5, 5.41) is 2.23. The first kappa shape index (κ1) is 12.8. The molecule has 0 saturated heterocycles. The summed E-state index contributed by atoms with van der Waals surface area (Å²) in [7, 11) is 0. The minimum Gasteiger partial charge on any atom is -0.238 e. The number of thiazole rings is 2. The van der Waals surface area contributed by atoms with Crippen molar-refractivity contribution >= 4 is 34.4 Å². The van der Waals surface area contributed by atoms with Gasteiger partial charge < -0.3 is 0 Å². The van der Waals surface area contributed by atoms with Gasteiger partial charge in [0.15, 0.2) is 5.69 Å². The minimum absolute atomic E-state index is 0.258. The maximum Gasteiger partial charge on any atom is 0.434 e. The lowest BCUT2D eigenvalue weighted by atomic mass is 10.4. The van der Waals surface area contributed by atoms with Crippen molar-refractivity contribution < 1.29 is 13.2 Å². The van der Waals surface area contributed by atoms with Crippen LogP contribution in [0.3, 0.4) is 0 Å². The Morgan fingerprint density at radius 2 is 2.18 bits per heavy atom. The predicted molar refractivity (Wildman–Crippen MR) is 63.5 cm³/mol. The van der Waals surface area contributed by atoms with Gasteiger partial charge in [0.05, 0.1) is 5.01 Å². The van der Waals surface area contributed by atoms with Gasteiger partial charge in [-0.05, 0) is 6.92 Å². The molecule has 0 spiro atoms.